The highest BCUT2D eigenvalue weighted by Gasteiger charge is 2.18. The van der Waals surface area contributed by atoms with Crippen LogP contribution in [0, 0.1) is 0 Å². The van der Waals surface area contributed by atoms with E-state index in [-0.39, 0.29) is 0 Å². The molecule has 0 unspecified atom stereocenters. The van der Waals surface area contributed by atoms with Gasteiger partial charge in [-0.3, -0.25) is 9.69 Å². The van der Waals surface area contributed by atoms with E-state index in [0.29, 0.717) is 11.5 Å². The lowest BCUT2D eigenvalue weighted by Gasteiger charge is -2.18. The van der Waals surface area contributed by atoms with Crippen molar-refractivity contribution in [3.05, 3.63) is 58.9 Å². The number of carbonyl (C=O) groups is 1. The molecule has 0 bridgehead atoms. The van der Waals surface area contributed by atoms with Crippen LogP contribution in [0.25, 0.3) is 5.70 Å². The van der Waals surface area contributed by atoms with Crippen LogP contribution in [-0.2, 0) is 24.2 Å². The van der Waals surface area contributed by atoms with Gasteiger partial charge < -0.3 is 5.32 Å². The second kappa shape index (κ2) is 10.1. The Morgan fingerprint density at radius 1 is 1.29 bits per heavy atom. The molecular weight excluding hydrogens is 370 g/mol. The third kappa shape index (κ3) is 5.50. The Balaban J connectivity index is 1.58. The van der Waals surface area contributed by atoms with E-state index >= 15 is 0 Å². The molecule has 0 fully saturated rings. The summed E-state index contributed by atoms with van der Waals surface area (Å²) >= 11 is 1.53. The van der Waals surface area contributed by atoms with Crippen molar-refractivity contribution < 1.29 is 4.79 Å². The number of rotatable bonds is 8. The molecule has 0 atom stereocenters. The number of carbonyl (C=O) groups excluding carboxylic acids is 1. The monoisotopic (exact) mass is 397 g/mol. The van der Waals surface area contributed by atoms with Crippen LogP contribution in [0.15, 0.2) is 42.8 Å². The summed E-state index contributed by atoms with van der Waals surface area (Å²) in [7, 11) is 0. The van der Waals surface area contributed by atoms with Crippen molar-refractivity contribution in [1.29, 1.82) is 0 Å². The van der Waals surface area contributed by atoms with Crippen LogP contribution in [0.5, 0.6) is 0 Å². The molecular formula is C21H27N5OS. The van der Waals surface area contributed by atoms with Gasteiger partial charge in [0.05, 0.1) is 5.69 Å². The quantitative estimate of drug-likeness (QED) is 0.542. The Hall–Kier alpha value is -2.51. The largest absolute Gasteiger partial charge is 0.305 e. The normalized spacial score (nSPS) is 15.9. The number of hydrogen-bond donors (Lipinski definition) is 1. The number of allylic oxidation sites excluding steroid dienone is 6. The molecule has 6 nitrogen and oxygen atoms in total. The second-order valence-electron chi connectivity index (χ2n) is 6.75. The van der Waals surface area contributed by atoms with Gasteiger partial charge in [0.1, 0.15) is 0 Å². The summed E-state index contributed by atoms with van der Waals surface area (Å²) in [6, 6.07) is 0. The molecule has 3 heterocycles. The van der Waals surface area contributed by atoms with Crippen molar-refractivity contribution in [1.82, 2.24) is 19.7 Å². The van der Waals surface area contributed by atoms with Crippen molar-refractivity contribution in [3.63, 3.8) is 0 Å². The van der Waals surface area contributed by atoms with Crippen molar-refractivity contribution in [2.45, 2.75) is 39.7 Å². The molecule has 3 rings (SSSR count). The zero-order chi connectivity index (χ0) is 19.8. The highest BCUT2D eigenvalue weighted by molar-refractivity contribution is 7.15. The first kappa shape index (κ1) is 20.2. The number of thiazole rings is 1. The predicted octanol–water partition coefficient (Wildman–Crippen LogP) is 3.89. The van der Waals surface area contributed by atoms with Crippen LogP contribution in [0.1, 0.15) is 36.4 Å². The van der Waals surface area contributed by atoms with Gasteiger partial charge in [-0.05, 0) is 31.4 Å². The van der Waals surface area contributed by atoms with Crippen LogP contribution >= 0.6 is 11.3 Å². The van der Waals surface area contributed by atoms with Crippen molar-refractivity contribution in [2.75, 3.05) is 18.4 Å². The highest BCUT2D eigenvalue weighted by atomic mass is 32.1. The Bertz CT molecular complexity index is 852. The van der Waals surface area contributed by atoms with E-state index < -0.39 is 0 Å². The fourth-order valence-electron chi connectivity index (χ4n) is 3.13. The van der Waals surface area contributed by atoms with E-state index in [1.807, 2.05) is 10.9 Å². The summed E-state index contributed by atoms with van der Waals surface area (Å²) in [6.07, 6.45) is 18.1. The van der Waals surface area contributed by atoms with Gasteiger partial charge in [-0.1, -0.05) is 31.2 Å². The van der Waals surface area contributed by atoms with E-state index in [4.69, 9.17) is 5.10 Å². The summed E-state index contributed by atoms with van der Waals surface area (Å²) in [5, 5.41) is 8.07. The van der Waals surface area contributed by atoms with Gasteiger partial charge in [-0.25, -0.2) is 9.67 Å². The molecule has 1 amide bonds. The molecule has 2 aromatic rings. The van der Waals surface area contributed by atoms with Gasteiger partial charge in [0.2, 0.25) is 6.41 Å². The predicted molar refractivity (Wildman–Crippen MR) is 115 cm³/mol. The van der Waals surface area contributed by atoms with Crippen LogP contribution in [0.3, 0.4) is 0 Å². The SMILES string of the molecule is CC/C=C/C=C\C=C(/C)n1cc2c(n1)CCN(Cc1cnc(NC=O)s1)CC2. The molecule has 0 saturated heterocycles. The van der Waals surface area contributed by atoms with Gasteiger partial charge in [-0.15, -0.1) is 11.3 Å². The first-order valence-corrected chi connectivity index (χ1v) is 10.5. The molecule has 28 heavy (non-hydrogen) atoms. The van der Waals surface area contributed by atoms with E-state index in [0.717, 1.165) is 49.5 Å². The van der Waals surface area contributed by atoms with Crippen LogP contribution < -0.4 is 5.32 Å². The number of anilines is 1. The van der Waals surface area contributed by atoms with Crippen molar-refractivity contribution >= 4 is 28.6 Å². The van der Waals surface area contributed by atoms with Crippen LogP contribution in [-0.4, -0.2) is 39.2 Å². The number of fused-ring (bicyclic) bond motifs is 1. The topological polar surface area (TPSA) is 63.1 Å². The third-order valence-corrected chi connectivity index (χ3v) is 5.56. The zero-order valence-corrected chi connectivity index (χ0v) is 17.3. The summed E-state index contributed by atoms with van der Waals surface area (Å²) in [5.74, 6) is 0. The van der Waals surface area contributed by atoms with Crippen molar-refractivity contribution in [3.8, 4) is 0 Å². The minimum absolute atomic E-state index is 0.654. The molecule has 0 radical (unpaired) electrons. The maximum atomic E-state index is 10.5. The smallest absolute Gasteiger partial charge is 0.213 e. The zero-order valence-electron chi connectivity index (χ0n) is 16.5. The molecule has 1 aliphatic heterocycles. The lowest BCUT2D eigenvalue weighted by atomic mass is 10.2. The van der Waals surface area contributed by atoms with Crippen LogP contribution in [0.4, 0.5) is 5.13 Å². The van der Waals surface area contributed by atoms with Gasteiger partial charge in [-0.2, -0.15) is 5.10 Å². The molecule has 2 aromatic heterocycles. The van der Waals surface area contributed by atoms with E-state index in [2.05, 4.69) is 65.6 Å². The number of nitrogens with zero attached hydrogens (tertiary/aromatic N) is 4. The molecule has 1 N–H and O–H groups in total. The summed E-state index contributed by atoms with van der Waals surface area (Å²) < 4.78 is 1.99. The molecule has 148 valence electrons. The minimum Gasteiger partial charge on any atom is -0.305 e. The molecule has 7 heteroatoms. The average molecular weight is 398 g/mol. The maximum absolute atomic E-state index is 10.5. The first-order chi connectivity index (χ1) is 13.7. The Morgan fingerprint density at radius 3 is 2.96 bits per heavy atom. The van der Waals surface area contributed by atoms with E-state index in [1.165, 1.54) is 22.6 Å². The minimum atomic E-state index is 0.654. The Kier molecular flexibility index (Phi) is 7.33. The lowest BCUT2D eigenvalue weighted by Crippen LogP contribution is -2.25. The average Bonchev–Trinajstić information content (AvgIpc) is 3.26. The summed E-state index contributed by atoms with van der Waals surface area (Å²) in [6.45, 7) is 7.04. The van der Waals surface area contributed by atoms with Gasteiger partial charge >= 0.3 is 0 Å². The second-order valence-corrected chi connectivity index (χ2v) is 7.86. The van der Waals surface area contributed by atoms with Crippen LogP contribution in [0.2, 0.25) is 0 Å². The number of amides is 1. The third-order valence-electron chi connectivity index (χ3n) is 4.65. The van der Waals surface area contributed by atoms with Gasteiger partial charge in [0.15, 0.2) is 5.13 Å². The summed E-state index contributed by atoms with van der Waals surface area (Å²) in [4.78, 5) is 18.3. The Labute approximate surface area is 170 Å². The van der Waals surface area contributed by atoms with Gasteiger partial charge in [0.25, 0.3) is 0 Å². The molecule has 1 aliphatic rings. The highest BCUT2D eigenvalue weighted by Crippen LogP contribution is 2.22. The summed E-state index contributed by atoms with van der Waals surface area (Å²) in [5.41, 5.74) is 3.64. The standard InChI is InChI=1S/C21H27N5OS/c1-3-4-5-6-7-8-17(2)26-14-18-9-11-25(12-10-20(18)24-26)15-19-13-22-21(28-19)23-16-27/h4-8,13-14,16H,3,9-12,15H2,1-2H3,(H,22,23,27)/b5-4+,7-6-,17-8+. The van der Waals surface area contributed by atoms with Crippen molar-refractivity contribution in [2.24, 2.45) is 0 Å². The fourth-order valence-corrected chi connectivity index (χ4v) is 3.94. The lowest BCUT2D eigenvalue weighted by molar-refractivity contribution is -0.105. The number of aromatic nitrogens is 3. The molecule has 0 saturated carbocycles. The molecule has 0 aliphatic carbocycles. The van der Waals surface area contributed by atoms with E-state index in [9.17, 15) is 4.79 Å². The fraction of sp³-hybridized carbons (Fsp3) is 0.381. The first-order valence-electron chi connectivity index (χ1n) is 9.64. The Morgan fingerprint density at radius 2 is 2.14 bits per heavy atom. The van der Waals surface area contributed by atoms with E-state index in [1.54, 1.807) is 0 Å². The number of nitrogens with one attached hydrogen (secondary N) is 1. The number of hydrogen-bond acceptors (Lipinski definition) is 5. The maximum Gasteiger partial charge on any atom is 0.213 e. The molecule has 0 aromatic carbocycles. The van der Waals surface area contributed by atoms with Gasteiger partial charge in [0, 0.05) is 49.0 Å². The molecule has 0 spiro atoms.